The van der Waals surface area contributed by atoms with Crippen molar-refractivity contribution in [3.63, 3.8) is 0 Å². The maximum atomic E-state index is 11.8. The van der Waals surface area contributed by atoms with Crippen molar-refractivity contribution in [1.29, 1.82) is 0 Å². The Labute approximate surface area is 120 Å². The monoisotopic (exact) mass is 280 g/mol. The zero-order valence-electron chi connectivity index (χ0n) is 12.9. The molecule has 1 aromatic carbocycles. The lowest BCUT2D eigenvalue weighted by atomic mass is 10.1. The average Bonchev–Trinajstić information content (AvgIpc) is 2.46. The molecule has 0 radical (unpaired) electrons. The molecule has 0 aliphatic carbocycles. The summed E-state index contributed by atoms with van der Waals surface area (Å²) >= 11 is 0. The summed E-state index contributed by atoms with van der Waals surface area (Å²) in [7, 11) is 5.17. The number of carbonyl (C=O) groups excluding carboxylic acids is 1. The fourth-order valence-corrected chi connectivity index (χ4v) is 1.91. The van der Waals surface area contributed by atoms with Crippen LogP contribution in [0.4, 0.5) is 0 Å². The predicted octanol–water partition coefficient (Wildman–Crippen LogP) is 1.66. The largest absolute Gasteiger partial charge is 0.497 e. The Morgan fingerprint density at radius 1 is 1.35 bits per heavy atom. The number of benzene rings is 1. The molecule has 0 spiro atoms. The Morgan fingerprint density at radius 3 is 2.60 bits per heavy atom. The molecule has 0 fully saturated rings. The third-order valence-corrected chi connectivity index (χ3v) is 3.31. The predicted molar refractivity (Wildman–Crippen MR) is 79.2 cm³/mol. The Hall–Kier alpha value is -1.75. The molecule has 0 aliphatic rings. The summed E-state index contributed by atoms with van der Waals surface area (Å²) in [6, 6.07) is 5.50. The van der Waals surface area contributed by atoms with Crippen LogP contribution in [0, 0.1) is 0 Å². The summed E-state index contributed by atoms with van der Waals surface area (Å²) in [6.45, 7) is 5.08. The highest BCUT2D eigenvalue weighted by atomic mass is 16.5. The summed E-state index contributed by atoms with van der Waals surface area (Å²) in [5.41, 5.74) is 1.02. The first-order valence-electron chi connectivity index (χ1n) is 6.72. The Balaban J connectivity index is 2.79. The van der Waals surface area contributed by atoms with E-state index in [0.29, 0.717) is 13.1 Å². The van der Waals surface area contributed by atoms with E-state index in [1.165, 1.54) is 0 Å². The van der Waals surface area contributed by atoms with Crippen LogP contribution in [-0.4, -0.2) is 44.7 Å². The number of methoxy groups -OCH3 is 2. The lowest BCUT2D eigenvalue weighted by Gasteiger charge is -2.24. The van der Waals surface area contributed by atoms with E-state index in [-0.39, 0.29) is 11.9 Å². The van der Waals surface area contributed by atoms with Crippen LogP contribution >= 0.6 is 0 Å². The van der Waals surface area contributed by atoms with Crippen LogP contribution in [0.25, 0.3) is 0 Å². The molecule has 0 aliphatic heterocycles. The van der Waals surface area contributed by atoms with Crippen molar-refractivity contribution in [1.82, 2.24) is 10.2 Å². The minimum atomic E-state index is -0.193. The van der Waals surface area contributed by atoms with Gasteiger partial charge in [0.15, 0.2) is 0 Å². The van der Waals surface area contributed by atoms with E-state index < -0.39 is 0 Å². The molecule has 20 heavy (non-hydrogen) atoms. The molecule has 1 atom stereocenters. The Morgan fingerprint density at radius 2 is 2.05 bits per heavy atom. The molecule has 0 unspecified atom stereocenters. The normalized spacial score (nSPS) is 12.1. The van der Waals surface area contributed by atoms with Crippen LogP contribution in [0.1, 0.15) is 19.4 Å². The van der Waals surface area contributed by atoms with Crippen molar-refractivity contribution in [2.24, 2.45) is 0 Å². The molecule has 0 saturated carbocycles. The van der Waals surface area contributed by atoms with Crippen molar-refractivity contribution in [3.05, 3.63) is 23.8 Å². The van der Waals surface area contributed by atoms with Gasteiger partial charge >= 0.3 is 0 Å². The molecule has 5 nitrogen and oxygen atoms in total. The summed E-state index contributed by atoms with van der Waals surface area (Å²) in [5.74, 6) is 1.55. The molecular formula is C15H24N2O3. The highest BCUT2D eigenvalue weighted by molar-refractivity contribution is 5.81. The van der Waals surface area contributed by atoms with Gasteiger partial charge in [-0.15, -0.1) is 0 Å². The summed E-state index contributed by atoms with van der Waals surface area (Å²) in [4.78, 5) is 13.8. The maximum Gasteiger partial charge on any atom is 0.237 e. The van der Waals surface area contributed by atoms with Gasteiger partial charge in [-0.1, -0.05) is 6.07 Å². The lowest BCUT2D eigenvalue weighted by molar-refractivity contribution is -0.125. The van der Waals surface area contributed by atoms with Crippen molar-refractivity contribution < 1.29 is 14.3 Å². The summed E-state index contributed by atoms with van der Waals surface area (Å²) in [5, 5.41) is 2.83. The number of amides is 1. The zero-order chi connectivity index (χ0) is 15.1. The van der Waals surface area contributed by atoms with Gasteiger partial charge in [0, 0.05) is 24.7 Å². The van der Waals surface area contributed by atoms with E-state index >= 15 is 0 Å². The zero-order valence-corrected chi connectivity index (χ0v) is 12.9. The van der Waals surface area contributed by atoms with Gasteiger partial charge in [0.05, 0.1) is 20.3 Å². The first-order valence-corrected chi connectivity index (χ1v) is 6.72. The van der Waals surface area contributed by atoms with Crippen LogP contribution in [0.2, 0.25) is 0 Å². The third-order valence-electron chi connectivity index (χ3n) is 3.31. The fraction of sp³-hybridized carbons (Fsp3) is 0.533. The second-order valence-electron chi connectivity index (χ2n) is 4.66. The lowest BCUT2D eigenvalue weighted by Crippen LogP contribution is -2.42. The fourth-order valence-electron chi connectivity index (χ4n) is 1.91. The SMILES string of the molecule is CCNC(=O)[C@H](C)N(C)Cc1ccc(OC)cc1OC. The minimum absolute atomic E-state index is 0.0301. The van der Waals surface area contributed by atoms with Crippen LogP contribution in [-0.2, 0) is 11.3 Å². The van der Waals surface area contributed by atoms with E-state index in [1.54, 1.807) is 14.2 Å². The van der Waals surface area contributed by atoms with Gasteiger partial charge in [-0.25, -0.2) is 0 Å². The number of hydrogen-bond donors (Lipinski definition) is 1. The Bertz CT molecular complexity index is 449. The highest BCUT2D eigenvalue weighted by Gasteiger charge is 2.18. The second kappa shape index (κ2) is 7.75. The third kappa shape index (κ3) is 4.13. The van der Waals surface area contributed by atoms with Crippen LogP contribution in [0.3, 0.4) is 0 Å². The second-order valence-corrected chi connectivity index (χ2v) is 4.66. The molecule has 0 aromatic heterocycles. The van der Waals surface area contributed by atoms with E-state index in [4.69, 9.17) is 9.47 Å². The van der Waals surface area contributed by atoms with Crippen molar-refractivity contribution in [2.75, 3.05) is 27.8 Å². The van der Waals surface area contributed by atoms with E-state index in [9.17, 15) is 4.79 Å². The van der Waals surface area contributed by atoms with E-state index in [2.05, 4.69) is 5.32 Å². The van der Waals surface area contributed by atoms with Gasteiger partial charge in [-0.3, -0.25) is 9.69 Å². The first-order chi connectivity index (χ1) is 9.53. The van der Waals surface area contributed by atoms with Gasteiger partial charge in [0.1, 0.15) is 11.5 Å². The van der Waals surface area contributed by atoms with Crippen molar-refractivity contribution >= 4 is 5.91 Å². The molecule has 1 amide bonds. The minimum Gasteiger partial charge on any atom is -0.497 e. The number of hydrogen-bond acceptors (Lipinski definition) is 4. The van der Waals surface area contributed by atoms with Crippen molar-refractivity contribution in [3.8, 4) is 11.5 Å². The Kier molecular flexibility index (Phi) is 6.31. The van der Waals surface area contributed by atoms with Crippen LogP contribution in [0.5, 0.6) is 11.5 Å². The standard InChI is InChI=1S/C15H24N2O3/c1-6-16-15(18)11(2)17(3)10-12-7-8-13(19-4)9-14(12)20-5/h7-9,11H,6,10H2,1-5H3,(H,16,18)/t11-/m0/s1. The number of nitrogens with zero attached hydrogens (tertiary/aromatic N) is 1. The van der Waals surface area contributed by atoms with Crippen molar-refractivity contribution in [2.45, 2.75) is 26.4 Å². The van der Waals surface area contributed by atoms with Gasteiger partial charge in [0.2, 0.25) is 5.91 Å². The van der Waals surface area contributed by atoms with Crippen LogP contribution < -0.4 is 14.8 Å². The number of carbonyl (C=O) groups is 1. The molecule has 0 bridgehead atoms. The molecule has 0 heterocycles. The average molecular weight is 280 g/mol. The molecule has 0 saturated heterocycles. The summed E-state index contributed by atoms with van der Waals surface area (Å²) in [6.07, 6.45) is 0. The highest BCUT2D eigenvalue weighted by Crippen LogP contribution is 2.25. The topological polar surface area (TPSA) is 50.8 Å². The van der Waals surface area contributed by atoms with Crippen LogP contribution in [0.15, 0.2) is 18.2 Å². The van der Waals surface area contributed by atoms with Gasteiger partial charge in [-0.05, 0) is 27.0 Å². The number of ether oxygens (including phenoxy) is 2. The molecule has 5 heteroatoms. The first kappa shape index (κ1) is 16.3. The number of nitrogens with one attached hydrogen (secondary N) is 1. The van der Waals surface area contributed by atoms with Gasteiger partial charge in [0.25, 0.3) is 0 Å². The smallest absolute Gasteiger partial charge is 0.237 e. The molecule has 1 aromatic rings. The number of rotatable bonds is 7. The number of likely N-dealkylation sites (N-methyl/N-ethyl adjacent to an activating group) is 2. The molecule has 1 rings (SSSR count). The summed E-state index contributed by atoms with van der Waals surface area (Å²) < 4.78 is 10.5. The molecule has 112 valence electrons. The maximum absolute atomic E-state index is 11.8. The van der Waals surface area contributed by atoms with E-state index in [1.807, 2.05) is 44.0 Å². The molecule has 1 N–H and O–H groups in total. The van der Waals surface area contributed by atoms with Gasteiger partial charge < -0.3 is 14.8 Å². The van der Waals surface area contributed by atoms with E-state index in [0.717, 1.165) is 17.1 Å². The quantitative estimate of drug-likeness (QED) is 0.825. The van der Waals surface area contributed by atoms with Gasteiger partial charge in [-0.2, -0.15) is 0 Å². The molecular weight excluding hydrogens is 256 g/mol.